The van der Waals surface area contributed by atoms with Crippen LogP contribution in [0.5, 0.6) is 0 Å². The Morgan fingerprint density at radius 2 is 1.06 bits per heavy atom. The van der Waals surface area contributed by atoms with Crippen LogP contribution in [0.15, 0.2) is 0 Å². The standard InChI is InChI=1S/C13H18F6O.C11H14F6O.C7H11F3O2/c1-6-7(2)10-4-8(6)3-9(10)5-11(20,12(14,15)16)13(17,18)19;12-10(13,14)9(18,11(15,16)17)5-8-4-6-1-2-7(8)3-6;1-4-6(2,5(11)12-3)7(8,9)10/h6-10,20H,3-5H2,1-2H3;6-8,18H,1-5H2;4H2,1-3H3. The summed E-state index contributed by atoms with van der Waals surface area (Å²) in [6.45, 7) is 6.00. The maximum atomic E-state index is 12.7. The Hall–Kier alpha value is -1.66. The summed E-state index contributed by atoms with van der Waals surface area (Å²) >= 11 is 0. The third kappa shape index (κ3) is 8.58. The van der Waals surface area contributed by atoms with Crippen LogP contribution < -0.4 is 0 Å². The molecular formula is C31H43F15O4. The van der Waals surface area contributed by atoms with E-state index in [4.69, 9.17) is 5.11 Å². The maximum Gasteiger partial charge on any atom is 0.426 e. The highest BCUT2D eigenvalue weighted by molar-refractivity contribution is 5.77. The average Bonchev–Trinajstić information content (AvgIpc) is 3.73. The lowest BCUT2D eigenvalue weighted by Crippen LogP contribution is -2.58. The monoisotopic (exact) mass is 764 g/mol. The Morgan fingerprint density at radius 3 is 1.32 bits per heavy atom. The van der Waals surface area contributed by atoms with Crippen molar-refractivity contribution in [1.82, 2.24) is 0 Å². The molecule has 0 spiro atoms. The highest BCUT2D eigenvalue weighted by Gasteiger charge is 2.72. The molecule has 4 aliphatic rings. The summed E-state index contributed by atoms with van der Waals surface area (Å²) < 4.78 is 192. The third-order valence-corrected chi connectivity index (χ3v) is 11.9. The first-order chi connectivity index (χ1) is 22.2. The second-order valence-electron chi connectivity index (χ2n) is 14.6. The van der Waals surface area contributed by atoms with Crippen LogP contribution in [-0.2, 0) is 9.53 Å². The fourth-order valence-electron chi connectivity index (χ4n) is 8.18. The van der Waals surface area contributed by atoms with E-state index < -0.39 is 78.1 Å². The zero-order valence-corrected chi connectivity index (χ0v) is 27.9. The van der Waals surface area contributed by atoms with Gasteiger partial charge in [0.15, 0.2) is 5.41 Å². The van der Waals surface area contributed by atoms with E-state index in [1.807, 2.05) is 13.8 Å². The van der Waals surface area contributed by atoms with Gasteiger partial charge in [-0.05, 0) is 106 Å². The molecule has 4 saturated carbocycles. The molecule has 0 radical (unpaired) electrons. The minimum atomic E-state index is -5.69. The summed E-state index contributed by atoms with van der Waals surface area (Å²) in [4.78, 5) is 10.8. The zero-order valence-electron chi connectivity index (χ0n) is 27.9. The van der Waals surface area contributed by atoms with E-state index >= 15 is 0 Å². The number of hydrogen-bond donors (Lipinski definition) is 2. The number of rotatable bonds is 6. The molecule has 4 fully saturated rings. The molecule has 2 N–H and O–H groups in total. The average molecular weight is 765 g/mol. The Labute approximate surface area is 279 Å². The van der Waals surface area contributed by atoms with E-state index in [2.05, 4.69) is 4.74 Å². The fraction of sp³-hybridized carbons (Fsp3) is 0.968. The molecule has 0 heterocycles. The van der Waals surface area contributed by atoms with E-state index in [1.165, 1.54) is 6.92 Å². The molecule has 9 unspecified atom stereocenters. The lowest BCUT2D eigenvalue weighted by Gasteiger charge is -2.39. The number of esters is 1. The Morgan fingerprint density at radius 1 is 0.620 bits per heavy atom. The molecule has 296 valence electrons. The number of aliphatic hydroxyl groups is 2. The molecule has 4 aliphatic carbocycles. The van der Waals surface area contributed by atoms with Gasteiger partial charge < -0.3 is 14.9 Å². The number of alkyl halides is 15. The van der Waals surface area contributed by atoms with Crippen molar-refractivity contribution in [2.45, 2.75) is 128 Å². The normalized spacial score (nSPS) is 31.4. The van der Waals surface area contributed by atoms with Crippen LogP contribution in [0.25, 0.3) is 0 Å². The van der Waals surface area contributed by atoms with Crippen LogP contribution in [-0.4, -0.2) is 65.4 Å². The minimum absolute atomic E-state index is 0.0915. The molecule has 0 aromatic heterocycles. The van der Waals surface area contributed by atoms with Crippen LogP contribution in [0.2, 0.25) is 0 Å². The summed E-state index contributed by atoms with van der Waals surface area (Å²) in [6.07, 6.45) is -26.4. The van der Waals surface area contributed by atoms with E-state index in [0.717, 1.165) is 20.5 Å². The van der Waals surface area contributed by atoms with Gasteiger partial charge in [0.05, 0.1) is 7.11 Å². The van der Waals surface area contributed by atoms with Gasteiger partial charge in [-0.15, -0.1) is 0 Å². The summed E-state index contributed by atoms with van der Waals surface area (Å²) in [5.74, 6) is -1.98. The van der Waals surface area contributed by atoms with Crippen LogP contribution in [0.3, 0.4) is 0 Å². The van der Waals surface area contributed by atoms with E-state index in [9.17, 15) is 75.8 Å². The van der Waals surface area contributed by atoms with Gasteiger partial charge in [0.2, 0.25) is 0 Å². The summed E-state index contributed by atoms with van der Waals surface area (Å²) in [7, 11) is 0.946. The number of carbonyl (C=O) groups is 1. The third-order valence-electron chi connectivity index (χ3n) is 11.9. The van der Waals surface area contributed by atoms with Crippen LogP contribution >= 0.6 is 0 Å². The van der Waals surface area contributed by atoms with Crippen molar-refractivity contribution in [2.75, 3.05) is 7.11 Å². The number of hydrogen-bond acceptors (Lipinski definition) is 4. The zero-order chi connectivity index (χ0) is 39.3. The first-order valence-electron chi connectivity index (χ1n) is 16.1. The predicted molar refractivity (Wildman–Crippen MR) is 147 cm³/mol. The summed E-state index contributed by atoms with van der Waals surface area (Å²) in [5.41, 5.74) is -11.5. The van der Waals surface area contributed by atoms with Crippen molar-refractivity contribution >= 4 is 5.97 Å². The number of methoxy groups -OCH3 is 1. The topological polar surface area (TPSA) is 66.8 Å². The highest BCUT2D eigenvalue weighted by Crippen LogP contribution is 2.59. The lowest BCUT2D eigenvalue weighted by atomic mass is 9.72. The Bertz CT molecular complexity index is 1110. The van der Waals surface area contributed by atoms with Crippen molar-refractivity contribution in [3.8, 4) is 0 Å². The summed E-state index contributed by atoms with van der Waals surface area (Å²) in [5, 5.41) is 18.4. The van der Waals surface area contributed by atoms with Crippen molar-refractivity contribution < 1.29 is 85.6 Å². The first kappa shape index (κ1) is 44.5. The van der Waals surface area contributed by atoms with Crippen molar-refractivity contribution in [2.24, 2.45) is 52.8 Å². The van der Waals surface area contributed by atoms with E-state index in [-0.39, 0.29) is 36.0 Å². The second kappa shape index (κ2) is 14.6. The van der Waals surface area contributed by atoms with Crippen LogP contribution in [0, 0.1) is 52.8 Å². The lowest BCUT2D eigenvalue weighted by molar-refractivity contribution is -0.374. The van der Waals surface area contributed by atoms with Gasteiger partial charge in [-0.2, -0.15) is 65.9 Å². The number of fused-ring (bicyclic) bond motifs is 4. The van der Waals surface area contributed by atoms with E-state index in [1.54, 1.807) is 0 Å². The molecule has 0 aromatic rings. The van der Waals surface area contributed by atoms with Crippen molar-refractivity contribution in [3.63, 3.8) is 0 Å². The first-order valence-corrected chi connectivity index (χ1v) is 16.1. The predicted octanol–water partition coefficient (Wildman–Crippen LogP) is 9.97. The van der Waals surface area contributed by atoms with Gasteiger partial charge in [-0.1, -0.05) is 27.2 Å². The number of halogens is 15. The van der Waals surface area contributed by atoms with Gasteiger partial charge in [0, 0.05) is 0 Å². The van der Waals surface area contributed by atoms with Gasteiger partial charge in [-0.25, -0.2) is 0 Å². The Kier molecular flexibility index (Phi) is 13.0. The van der Waals surface area contributed by atoms with Gasteiger partial charge in [-0.3, -0.25) is 4.79 Å². The van der Waals surface area contributed by atoms with Crippen molar-refractivity contribution in [3.05, 3.63) is 0 Å². The highest BCUT2D eigenvalue weighted by atomic mass is 19.4. The van der Waals surface area contributed by atoms with Gasteiger partial charge >= 0.3 is 36.9 Å². The maximum absolute atomic E-state index is 12.7. The Balaban J connectivity index is 0.000000269. The SMILES string of the molecule is CC1C2CC(CC(O)(C(F)(F)F)C(F)(F)F)C(C2)C1C.CCC(C)(C(=O)OC)C(F)(F)F.OC(CC1CC2CCC1C2)(C(F)(F)F)C(F)(F)F. The number of ether oxygens (including phenoxy) is 1. The molecule has 4 nitrogen and oxygen atoms in total. The molecule has 19 heteroatoms. The quantitative estimate of drug-likeness (QED) is 0.209. The summed E-state index contributed by atoms with van der Waals surface area (Å²) in [6, 6.07) is 0. The van der Waals surface area contributed by atoms with Crippen LogP contribution in [0.4, 0.5) is 65.9 Å². The molecule has 0 aromatic carbocycles. The molecular weight excluding hydrogens is 721 g/mol. The van der Waals surface area contributed by atoms with E-state index in [0.29, 0.717) is 38.0 Å². The van der Waals surface area contributed by atoms with Gasteiger partial charge in [0.1, 0.15) is 0 Å². The van der Waals surface area contributed by atoms with Crippen LogP contribution in [0.1, 0.15) is 85.5 Å². The molecule has 4 bridgehead atoms. The van der Waals surface area contributed by atoms with Crippen molar-refractivity contribution in [1.29, 1.82) is 0 Å². The molecule has 0 saturated heterocycles. The second-order valence-corrected chi connectivity index (χ2v) is 14.6. The molecule has 4 rings (SSSR count). The van der Waals surface area contributed by atoms with Gasteiger partial charge in [0.25, 0.3) is 11.2 Å². The molecule has 50 heavy (non-hydrogen) atoms. The minimum Gasteiger partial charge on any atom is -0.468 e. The fourth-order valence-corrected chi connectivity index (χ4v) is 8.18. The molecule has 9 atom stereocenters. The number of carbonyl (C=O) groups excluding carboxylic acids is 1. The smallest absolute Gasteiger partial charge is 0.426 e. The largest absolute Gasteiger partial charge is 0.468 e. The molecule has 0 amide bonds. The molecule has 0 aliphatic heterocycles.